The monoisotopic (exact) mass is 632 g/mol. The summed E-state index contributed by atoms with van der Waals surface area (Å²) in [5, 5.41) is 12.7. The molecule has 1 aliphatic heterocycles. The number of benzene rings is 2. The van der Waals surface area contributed by atoms with Crippen LogP contribution >= 0.6 is 0 Å². The summed E-state index contributed by atoms with van der Waals surface area (Å²) < 4.78 is 44.2. The summed E-state index contributed by atoms with van der Waals surface area (Å²) >= 11 is 0. The Morgan fingerprint density at radius 2 is 1.56 bits per heavy atom. The first-order valence-corrected chi connectivity index (χ1v) is 15.4. The number of alkyl halides is 3. The van der Waals surface area contributed by atoms with Crippen LogP contribution in [0.25, 0.3) is 0 Å². The highest BCUT2D eigenvalue weighted by Crippen LogP contribution is 2.29. The topological polar surface area (TPSA) is 113 Å². The van der Waals surface area contributed by atoms with Crippen molar-refractivity contribution in [2.24, 2.45) is 17.8 Å². The second-order valence-corrected chi connectivity index (χ2v) is 12.1. The molecule has 0 bridgehead atoms. The third-order valence-electron chi connectivity index (χ3n) is 7.95. The maximum atomic E-state index is 13.7. The number of aliphatic carboxylic acids is 1. The van der Waals surface area contributed by atoms with Gasteiger partial charge in [0.1, 0.15) is 5.78 Å². The molecule has 0 aromatic heterocycles. The molecule has 0 saturated carbocycles. The lowest BCUT2D eigenvalue weighted by atomic mass is 9.88. The Labute approximate surface area is 262 Å². The highest BCUT2D eigenvalue weighted by atomic mass is 19.4. The van der Waals surface area contributed by atoms with Gasteiger partial charge in [0.05, 0.1) is 37.3 Å². The number of hydrogen-bond donors (Lipinski definition) is 2. The summed E-state index contributed by atoms with van der Waals surface area (Å²) in [4.78, 5) is 54.3. The molecule has 1 heterocycles. The van der Waals surface area contributed by atoms with Crippen molar-refractivity contribution in [3.8, 4) is 0 Å². The van der Waals surface area contributed by atoms with Crippen LogP contribution in [0.4, 0.5) is 13.2 Å². The molecule has 0 spiro atoms. The van der Waals surface area contributed by atoms with Crippen LogP contribution in [0, 0.1) is 17.8 Å². The van der Waals surface area contributed by atoms with E-state index in [1.54, 1.807) is 0 Å². The normalized spacial score (nSPS) is 16.1. The molecular formula is C34H43F3N2O6. The number of carbonyl (C=O) groups excluding carboxylic acids is 3. The third-order valence-corrected chi connectivity index (χ3v) is 7.95. The van der Waals surface area contributed by atoms with E-state index in [0.29, 0.717) is 44.7 Å². The first-order valence-electron chi connectivity index (χ1n) is 15.4. The molecule has 8 nitrogen and oxygen atoms in total. The molecular weight excluding hydrogens is 589 g/mol. The zero-order valence-corrected chi connectivity index (χ0v) is 25.9. The summed E-state index contributed by atoms with van der Waals surface area (Å²) in [6.45, 7) is 6.31. The zero-order valence-electron chi connectivity index (χ0n) is 25.9. The maximum Gasteiger partial charge on any atom is 0.416 e. The molecule has 1 saturated heterocycles. The van der Waals surface area contributed by atoms with Crippen molar-refractivity contribution < 1.29 is 42.2 Å². The van der Waals surface area contributed by atoms with Crippen LogP contribution in [-0.2, 0) is 42.9 Å². The van der Waals surface area contributed by atoms with E-state index in [1.807, 2.05) is 49.1 Å². The van der Waals surface area contributed by atoms with Crippen molar-refractivity contribution in [1.82, 2.24) is 10.2 Å². The van der Waals surface area contributed by atoms with Crippen molar-refractivity contribution in [3.05, 3.63) is 71.3 Å². The molecule has 1 aliphatic rings. The number of halogens is 3. The van der Waals surface area contributed by atoms with Crippen LogP contribution in [0.15, 0.2) is 54.6 Å². The van der Waals surface area contributed by atoms with E-state index < -0.39 is 53.7 Å². The van der Waals surface area contributed by atoms with E-state index in [1.165, 1.54) is 12.1 Å². The van der Waals surface area contributed by atoms with Gasteiger partial charge in [-0.2, -0.15) is 13.2 Å². The Bertz CT molecular complexity index is 1260. The standard InChI is InChI=1S/C34H43F3N2O6/c1-23(2)18-30(31(41)21-27(33(43)44)19-25-9-12-28(13-10-25)34(35,36)37)38-32(42)26(11-8-24-6-4-3-5-7-24)20-29(40)22-39-14-16-45-17-15-39/h3-7,9-10,12-13,23,26-27,30H,8,11,14-22H2,1-2H3,(H,38,42)(H,43,44)/t26-,27-,30+/m1/s1. The second-order valence-electron chi connectivity index (χ2n) is 12.1. The summed E-state index contributed by atoms with van der Waals surface area (Å²) in [5.41, 5.74) is 0.518. The molecule has 11 heteroatoms. The predicted octanol–water partition coefficient (Wildman–Crippen LogP) is 4.98. The fraction of sp³-hybridized carbons (Fsp3) is 0.529. The van der Waals surface area contributed by atoms with Gasteiger partial charge >= 0.3 is 12.1 Å². The van der Waals surface area contributed by atoms with Gasteiger partial charge in [0.15, 0.2) is 5.78 Å². The van der Waals surface area contributed by atoms with Gasteiger partial charge in [-0.1, -0.05) is 56.3 Å². The molecule has 2 aromatic carbocycles. The van der Waals surface area contributed by atoms with Gasteiger partial charge < -0.3 is 15.2 Å². The Kier molecular flexibility index (Phi) is 13.7. The molecule has 1 fully saturated rings. The smallest absolute Gasteiger partial charge is 0.416 e. The number of carbonyl (C=O) groups is 4. The third kappa shape index (κ3) is 12.4. The number of nitrogens with zero attached hydrogens (tertiary/aromatic N) is 1. The summed E-state index contributed by atoms with van der Waals surface area (Å²) in [7, 11) is 0. The summed E-state index contributed by atoms with van der Waals surface area (Å²) in [6.07, 6.45) is -3.85. The zero-order chi connectivity index (χ0) is 33.0. The second kappa shape index (κ2) is 17.2. The number of ether oxygens (including phenoxy) is 1. The van der Waals surface area contributed by atoms with Gasteiger partial charge in [0.2, 0.25) is 5.91 Å². The molecule has 0 aliphatic carbocycles. The van der Waals surface area contributed by atoms with E-state index >= 15 is 0 Å². The minimum Gasteiger partial charge on any atom is -0.481 e. The van der Waals surface area contributed by atoms with E-state index in [0.717, 1.165) is 17.7 Å². The van der Waals surface area contributed by atoms with E-state index in [4.69, 9.17) is 4.74 Å². The van der Waals surface area contributed by atoms with Gasteiger partial charge in [0.25, 0.3) is 0 Å². The molecule has 2 aromatic rings. The fourth-order valence-corrected chi connectivity index (χ4v) is 5.44. The highest BCUT2D eigenvalue weighted by Gasteiger charge is 2.32. The molecule has 2 N–H and O–H groups in total. The number of rotatable bonds is 17. The number of carboxylic acid groups (broad SMARTS) is 1. The van der Waals surface area contributed by atoms with Gasteiger partial charge in [-0.05, 0) is 54.9 Å². The minimum atomic E-state index is -4.52. The van der Waals surface area contributed by atoms with Crippen LogP contribution in [0.1, 0.15) is 56.2 Å². The highest BCUT2D eigenvalue weighted by molar-refractivity contribution is 5.93. The summed E-state index contributed by atoms with van der Waals surface area (Å²) in [6, 6.07) is 12.8. The predicted molar refractivity (Wildman–Crippen MR) is 162 cm³/mol. The average Bonchev–Trinajstić information content (AvgIpc) is 2.99. The van der Waals surface area contributed by atoms with E-state index in [9.17, 15) is 37.5 Å². The first-order chi connectivity index (χ1) is 21.3. The molecule has 1 amide bonds. The van der Waals surface area contributed by atoms with E-state index in [-0.39, 0.29) is 37.5 Å². The average molecular weight is 633 g/mol. The fourth-order valence-electron chi connectivity index (χ4n) is 5.44. The molecule has 0 unspecified atom stereocenters. The Balaban J connectivity index is 1.71. The quantitative estimate of drug-likeness (QED) is 0.253. The minimum absolute atomic E-state index is 0.00425. The first kappa shape index (κ1) is 35.9. The van der Waals surface area contributed by atoms with Crippen LogP contribution in [0.2, 0.25) is 0 Å². The molecule has 246 valence electrons. The van der Waals surface area contributed by atoms with Crippen molar-refractivity contribution >= 4 is 23.4 Å². The number of aryl methyl sites for hydroxylation is 1. The van der Waals surface area contributed by atoms with Crippen LogP contribution in [0.5, 0.6) is 0 Å². The Morgan fingerprint density at radius 3 is 2.13 bits per heavy atom. The Hall–Kier alpha value is -3.57. The van der Waals surface area contributed by atoms with Gasteiger partial charge in [0, 0.05) is 31.8 Å². The largest absolute Gasteiger partial charge is 0.481 e. The molecule has 3 rings (SSSR count). The lowest BCUT2D eigenvalue weighted by Gasteiger charge is -2.27. The van der Waals surface area contributed by atoms with Crippen molar-refractivity contribution in [3.63, 3.8) is 0 Å². The number of carboxylic acids is 1. The number of Topliss-reactive ketones (excluding diaryl/α,β-unsaturated/α-hetero) is 2. The number of ketones is 2. The van der Waals surface area contributed by atoms with Gasteiger partial charge in [-0.15, -0.1) is 0 Å². The number of nitrogens with one attached hydrogen (secondary N) is 1. The molecule has 0 radical (unpaired) electrons. The van der Waals surface area contributed by atoms with E-state index in [2.05, 4.69) is 5.32 Å². The van der Waals surface area contributed by atoms with Crippen LogP contribution in [0.3, 0.4) is 0 Å². The SMILES string of the molecule is CC(C)C[C@H](NC(=O)[C@H](CCc1ccccc1)CC(=O)CN1CCOCC1)C(=O)C[C@@H](Cc1ccc(C(F)(F)F)cc1)C(=O)O. The number of amides is 1. The Morgan fingerprint density at radius 1 is 0.911 bits per heavy atom. The summed E-state index contributed by atoms with van der Waals surface area (Å²) in [5.74, 6) is -4.14. The van der Waals surface area contributed by atoms with Crippen molar-refractivity contribution in [2.45, 2.75) is 64.6 Å². The maximum absolute atomic E-state index is 13.7. The van der Waals surface area contributed by atoms with Crippen molar-refractivity contribution in [1.29, 1.82) is 0 Å². The number of morpholine rings is 1. The van der Waals surface area contributed by atoms with Gasteiger partial charge in [-0.3, -0.25) is 24.1 Å². The molecule has 45 heavy (non-hydrogen) atoms. The number of hydrogen-bond acceptors (Lipinski definition) is 6. The van der Waals surface area contributed by atoms with Crippen LogP contribution < -0.4 is 5.32 Å². The van der Waals surface area contributed by atoms with Crippen LogP contribution in [-0.4, -0.2) is 72.3 Å². The molecule has 3 atom stereocenters. The lowest BCUT2D eigenvalue weighted by Crippen LogP contribution is -2.46. The lowest BCUT2D eigenvalue weighted by molar-refractivity contribution is -0.144. The van der Waals surface area contributed by atoms with Gasteiger partial charge in [-0.25, -0.2) is 0 Å². The van der Waals surface area contributed by atoms with Crippen molar-refractivity contribution in [2.75, 3.05) is 32.8 Å².